The summed E-state index contributed by atoms with van der Waals surface area (Å²) in [6.45, 7) is 1.08. The smallest absolute Gasteiger partial charge is 0.264 e. The van der Waals surface area contributed by atoms with Crippen molar-refractivity contribution in [2.24, 2.45) is 0 Å². The highest BCUT2D eigenvalue weighted by Gasteiger charge is 2.29. The first-order valence-corrected chi connectivity index (χ1v) is 9.08. The average molecular weight is 351 g/mol. The molecular formula is C17H19ClN2O2S. The van der Waals surface area contributed by atoms with Gasteiger partial charge < -0.3 is 5.32 Å². The highest BCUT2D eigenvalue weighted by molar-refractivity contribution is 7.92. The number of aryl methyl sites for hydroxylation is 2. The van der Waals surface area contributed by atoms with Crippen LogP contribution in [0.1, 0.15) is 17.5 Å². The van der Waals surface area contributed by atoms with Gasteiger partial charge in [-0.25, -0.2) is 8.42 Å². The predicted octanol–water partition coefficient (Wildman–Crippen LogP) is 3.22. The van der Waals surface area contributed by atoms with Gasteiger partial charge in [0, 0.05) is 6.54 Å². The van der Waals surface area contributed by atoms with Gasteiger partial charge in [0.15, 0.2) is 0 Å². The number of hydrogen-bond donors (Lipinski definition) is 1. The highest BCUT2D eigenvalue weighted by atomic mass is 35.5. The minimum atomic E-state index is -3.50. The Hall–Kier alpha value is -1.72. The fourth-order valence-electron chi connectivity index (χ4n) is 3.34. The molecule has 1 heterocycles. The topological polar surface area (TPSA) is 49.4 Å². The van der Waals surface area contributed by atoms with Crippen molar-refractivity contribution < 1.29 is 8.42 Å². The summed E-state index contributed by atoms with van der Waals surface area (Å²) in [5.41, 5.74) is 4.08. The number of rotatable bonds is 2. The number of benzene rings is 2. The maximum Gasteiger partial charge on any atom is 0.264 e. The van der Waals surface area contributed by atoms with Gasteiger partial charge in [-0.3, -0.25) is 4.31 Å². The average Bonchev–Trinajstić information content (AvgIpc) is 3.02. The van der Waals surface area contributed by atoms with Crippen molar-refractivity contribution >= 4 is 33.8 Å². The number of anilines is 2. The lowest BCUT2D eigenvalue weighted by molar-refractivity contribution is 0.590. The molecule has 0 atom stereocenters. The van der Waals surface area contributed by atoms with Crippen molar-refractivity contribution in [3.05, 3.63) is 53.6 Å². The van der Waals surface area contributed by atoms with Crippen molar-refractivity contribution in [3.8, 4) is 0 Å². The Labute approximate surface area is 143 Å². The van der Waals surface area contributed by atoms with Crippen LogP contribution >= 0.6 is 12.4 Å². The van der Waals surface area contributed by atoms with Crippen LogP contribution in [0.5, 0.6) is 0 Å². The zero-order chi connectivity index (χ0) is 15.2. The normalized spacial score (nSPS) is 16.1. The van der Waals surface area contributed by atoms with Gasteiger partial charge in [-0.2, -0.15) is 0 Å². The van der Waals surface area contributed by atoms with Crippen LogP contribution in [-0.2, 0) is 22.9 Å². The molecule has 4 rings (SSSR count). The maximum atomic E-state index is 13.0. The van der Waals surface area contributed by atoms with E-state index >= 15 is 0 Å². The Kier molecular flexibility index (Phi) is 4.25. The third-order valence-corrected chi connectivity index (χ3v) is 6.27. The molecular weight excluding hydrogens is 332 g/mol. The van der Waals surface area contributed by atoms with Crippen LogP contribution in [0.2, 0.25) is 0 Å². The molecule has 0 bridgehead atoms. The molecule has 23 heavy (non-hydrogen) atoms. The van der Waals surface area contributed by atoms with Crippen LogP contribution < -0.4 is 9.62 Å². The van der Waals surface area contributed by atoms with Crippen LogP contribution in [0.3, 0.4) is 0 Å². The molecule has 0 saturated carbocycles. The van der Waals surface area contributed by atoms with Crippen LogP contribution in [0.4, 0.5) is 11.4 Å². The highest BCUT2D eigenvalue weighted by Crippen LogP contribution is 2.34. The Morgan fingerprint density at radius 2 is 1.78 bits per heavy atom. The summed E-state index contributed by atoms with van der Waals surface area (Å²) in [4.78, 5) is 0.407. The SMILES string of the molecule is Cl.O=S(=O)(c1ccc2c(c1)CCC2)N1CCNc2ccccc21. The molecule has 0 fully saturated rings. The van der Waals surface area contributed by atoms with Gasteiger partial charge in [0.1, 0.15) is 0 Å². The van der Waals surface area contributed by atoms with Gasteiger partial charge >= 0.3 is 0 Å². The Morgan fingerprint density at radius 3 is 2.65 bits per heavy atom. The van der Waals surface area contributed by atoms with E-state index in [9.17, 15) is 8.42 Å². The molecule has 1 aliphatic heterocycles. The van der Waals surface area contributed by atoms with Gasteiger partial charge in [0.05, 0.1) is 22.8 Å². The fraction of sp³-hybridized carbons (Fsp3) is 0.294. The zero-order valence-corrected chi connectivity index (χ0v) is 14.3. The summed E-state index contributed by atoms with van der Waals surface area (Å²) in [5, 5.41) is 3.25. The molecule has 1 N–H and O–H groups in total. The van der Waals surface area contributed by atoms with Crippen LogP contribution in [0, 0.1) is 0 Å². The Morgan fingerprint density at radius 1 is 1.00 bits per heavy atom. The second-order valence-corrected chi connectivity index (χ2v) is 7.67. The third kappa shape index (κ3) is 2.68. The first kappa shape index (κ1) is 16.1. The molecule has 6 heteroatoms. The van der Waals surface area contributed by atoms with E-state index in [2.05, 4.69) is 5.32 Å². The van der Waals surface area contributed by atoms with Crippen molar-refractivity contribution in [2.45, 2.75) is 24.2 Å². The van der Waals surface area contributed by atoms with Crippen molar-refractivity contribution in [3.63, 3.8) is 0 Å². The van der Waals surface area contributed by atoms with Crippen LogP contribution in [0.25, 0.3) is 0 Å². The number of para-hydroxylation sites is 2. The van der Waals surface area contributed by atoms with Gasteiger partial charge in [0.25, 0.3) is 10.0 Å². The molecule has 2 aromatic carbocycles. The standard InChI is InChI=1S/C17H18N2O2S.ClH/c20-22(21,15-9-8-13-4-3-5-14(13)12-15)19-11-10-18-16-6-1-2-7-17(16)19;/h1-2,6-9,12,18H,3-5,10-11H2;1H. The van der Waals surface area contributed by atoms with E-state index in [1.165, 1.54) is 15.4 Å². The van der Waals surface area contributed by atoms with Crippen LogP contribution in [-0.4, -0.2) is 21.5 Å². The van der Waals surface area contributed by atoms with Gasteiger partial charge in [-0.1, -0.05) is 18.2 Å². The quantitative estimate of drug-likeness (QED) is 0.904. The molecule has 1 aliphatic carbocycles. The summed E-state index contributed by atoms with van der Waals surface area (Å²) in [6.07, 6.45) is 3.16. The molecule has 2 aromatic rings. The summed E-state index contributed by atoms with van der Waals surface area (Å²) >= 11 is 0. The largest absolute Gasteiger partial charge is 0.382 e. The summed E-state index contributed by atoms with van der Waals surface area (Å²) in [5.74, 6) is 0. The summed E-state index contributed by atoms with van der Waals surface area (Å²) in [7, 11) is -3.50. The Bertz CT molecular complexity index is 836. The minimum absolute atomic E-state index is 0. The molecule has 0 saturated heterocycles. The summed E-state index contributed by atoms with van der Waals surface area (Å²) < 4.78 is 27.6. The molecule has 122 valence electrons. The molecule has 0 spiro atoms. The van der Waals surface area contributed by atoms with E-state index in [-0.39, 0.29) is 12.4 Å². The number of nitrogens with one attached hydrogen (secondary N) is 1. The number of nitrogens with zero attached hydrogens (tertiary/aromatic N) is 1. The van der Waals surface area contributed by atoms with Gasteiger partial charge in [0.2, 0.25) is 0 Å². The fourth-order valence-corrected chi connectivity index (χ4v) is 4.87. The summed E-state index contributed by atoms with van der Waals surface area (Å²) in [6, 6.07) is 13.1. The Balaban J connectivity index is 0.00000156. The second-order valence-electron chi connectivity index (χ2n) is 5.81. The van der Waals surface area contributed by atoms with E-state index < -0.39 is 10.0 Å². The third-order valence-electron chi connectivity index (χ3n) is 4.46. The zero-order valence-electron chi connectivity index (χ0n) is 12.7. The molecule has 2 aliphatic rings. The van der Waals surface area contributed by atoms with E-state index in [1.54, 1.807) is 6.07 Å². The van der Waals surface area contributed by atoms with Crippen LogP contribution in [0.15, 0.2) is 47.4 Å². The first-order chi connectivity index (χ1) is 10.7. The van der Waals surface area contributed by atoms with Crippen molar-refractivity contribution in [1.82, 2.24) is 0 Å². The van der Waals surface area contributed by atoms with E-state index in [0.29, 0.717) is 18.0 Å². The molecule has 4 nitrogen and oxygen atoms in total. The van der Waals surface area contributed by atoms with Crippen molar-refractivity contribution in [1.29, 1.82) is 0 Å². The molecule has 0 radical (unpaired) electrons. The van der Waals surface area contributed by atoms with Crippen molar-refractivity contribution in [2.75, 3.05) is 22.7 Å². The number of sulfonamides is 1. The monoisotopic (exact) mass is 350 g/mol. The number of fused-ring (bicyclic) bond motifs is 2. The predicted molar refractivity (Wildman–Crippen MR) is 95.2 cm³/mol. The first-order valence-electron chi connectivity index (χ1n) is 7.64. The number of halogens is 1. The second kappa shape index (κ2) is 6.06. The molecule has 0 aromatic heterocycles. The maximum absolute atomic E-state index is 13.0. The minimum Gasteiger partial charge on any atom is -0.382 e. The molecule has 0 unspecified atom stereocenters. The van der Waals surface area contributed by atoms with E-state index in [0.717, 1.165) is 30.6 Å². The van der Waals surface area contributed by atoms with Gasteiger partial charge in [-0.15, -0.1) is 12.4 Å². The lowest BCUT2D eigenvalue weighted by Crippen LogP contribution is -2.38. The molecule has 0 amide bonds. The number of hydrogen-bond acceptors (Lipinski definition) is 3. The van der Waals surface area contributed by atoms with Gasteiger partial charge in [-0.05, 0) is 54.7 Å². The lowest BCUT2D eigenvalue weighted by Gasteiger charge is -2.31. The van der Waals surface area contributed by atoms with E-state index in [1.807, 2.05) is 36.4 Å². The lowest BCUT2D eigenvalue weighted by atomic mass is 10.1. The van der Waals surface area contributed by atoms with E-state index in [4.69, 9.17) is 0 Å².